The van der Waals surface area contributed by atoms with Crippen molar-refractivity contribution in [3.63, 3.8) is 0 Å². The number of nitrogens with zero attached hydrogens (tertiary/aromatic N) is 2. The van der Waals surface area contributed by atoms with E-state index >= 15 is 0 Å². The van der Waals surface area contributed by atoms with Crippen molar-refractivity contribution in [3.8, 4) is 33.6 Å². The molecule has 2 aromatic heterocycles. The minimum atomic E-state index is 1.17. The molecule has 0 spiro atoms. The number of hydrogen-bond donors (Lipinski definition) is 0. The van der Waals surface area contributed by atoms with Crippen LogP contribution in [-0.2, 0) is 0 Å². The molecule has 13 rings (SSSR count). The summed E-state index contributed by atoms with van der Waals surface area (Å²) >= 11 is 0. The molecule has 2 nitrogen and oxygen atoms in total. The first-order valence-electron chi connectivity index (χ1n) is 24.0. The molecule has 0 fully saturated rings. The van der Waals surface area contributed by atoms with Gasteiger partial charge in [0.1, 0.15) is 0 Å². The molecule has 11 aromatic carbocycles. The lowest BCUT2D eigenvalue weighted by Crippen LogP contribution is -1.97. The van der Waals surface area contributed by atoms with Crippen LogP contribution in [0, 0.1) is 34.6 Å². The molecule has 0 unspecified atom stereocenters. The van der Waals surface area contributed by atoms with E-state index in [9.17, 15) is 0 Å². The zero-order chi connectivity index (χ0) is 47.0. The van der Waals surface area contributed by atoms with Crippen LogP contribution in [0.2, 0.25) is 0 Å². The minimum Gasteiger partial charge on any atom is -0.313 e. The molecule has 69 heavy (non-hydrogen) atoms. The van der Waals surface area contributed by atoms with Crippen LogP contribution in [0.4, 0.5) is 0 Å². The van der Waals surface area contributed by atoms with Gasteiger partial charge >= 0.3 is 0 Å². The smallest absolute Gasteiger partial charge is 0.0541 e. The highest BCUT2D eigenvalue weighted by Gasteiger charge is 2.18. The zero-order valence-corrected chi connectivity index (χ0v) is 39.9. The Labute approximate surface area is 405 Å². The lowest BCUT2D eigenvalue weighted by molar-refractivity contribution is 1.05. The molecule has 0 bridgehead atoms. The number of aryl methyl sites for hydroxylation is 4. The highest BCUT2D eigenvalue weighted by molar-refractivity contribution is 6.12. The van der Waals surface area contributed by atoms with Gasteiger partial charge in [-0.25, -0.2) is 0 Å². The van der Waals surface area contributed by atoms with E-state index in [1.54, 1.807) is 0 Å². The van der Waals surface area contributed by atoms with Gasteiger partial charge < -0.3 is 9.13 Å². The Kier molecular flexibility index (Phi) is 11.5. The third kappa shape index (κ3) is 8.25. The quantitative estimate of drug-likeness (QED) is 0.167. The van der Waals surface area contributed by atoms with Gasteiger partial charge in [0.05, 0.1) is 22.2 Å². The molecular weight excluding hydrogens is 833 g/mol. The number of para-hydroxylation sites is 1. The van der Waals surface area contributed by atoms with Gasteiger partial charge in [0.25, 0.3) is 0 Å². The van der Waals surface area contributed by atoms with Crippen LogP contribution in [0.5, 0.6) is 0 Å². The van der Waals surface area contributed by atoms with Crippen LogP contribution in [0.3, 0.4) is 0 Å². The van der Waals surface area contributed by atoms with Crippen LogP contribution < -0.4 is 0 Å². The van der Waals surface area contributed by atoms with E-state index < -0.39 is 0 Å². The summed E-state index contributed by atoms with van der Waals surface area (Å²) in [5.41, 5.74) is 17.5. The number of aromatic nitrogens is 2. The van der Waals surface area contributed by atoms with Crippen LogP contribution >= 0.6 is 0 Å². The minimum absolute atomic E-state index is 1.17. The fourth-order valence-corrected chi connectivity index (χ4v) is 10.1. The van der Waals surface area contributed by atoms with Crippen LogP contribution in [0.25, 0.3) is 98.7 Å². The van der Waals surface area contributed by atoms with Gasteiger partial charge in [-0.15, -0.1) is 0 Å². The van der Waals surface area contributed by atoms with E-state index in [0.717, 1.165) is 0 Å². The second-order valence-electron chi connectivity index (χ2n) is 18.4. The first-order chi connectivity index (χ1) is 33.8. The van der Waals surface area contributed by atoms with Crippen molar-refractivity contribution in [1.29, 1.82) is 0 Å². The van der Waals surface area contributed by atoms with Crippen molar-refractivity contribution < 1.29 is 0 Å². The average Bonchev–Trinajstić information content (AvgIpc) is 3.85. The predicted molar refractivity (Wildman–Crippen MR) is 298 cm³/mol. The second-order valence-corrected chi connectivity index (χ2v) is 18.4. The Morgan fingerprint density at radius 2 is 0.754 bits per heavy atom. The Morgan fingerprint density at radius 1 is 0.275 bits per heavy atom. The summed E-state index contributed by atoms with van der Waals surface area (Å²) in [5, 5.41) is 11.7. The topological polar surface area (TPSA) is 9.86 Å². The van der Waals surface area contributed by atoms with Crippen LogP contribution in [0.1, 0.15) is 27.9 Å². The fraction of sp³-hybridized carbons (Fsp3) is 0.0746. The lowest BCUT2D eigenvalue weighted by atomic mass is 9.99. The summed E-state index contributed by atoms with van der Waals surface area (Å²) in [6, 6.07) is 85.4. The molecule has 0 aliphatic carbocycles. The largest absolute Gasteiger partial charge is 0.313 e. The molecule has 0 aliphatic heterocycles. The molecule has 332 valence electrons. The molecule has 2 heterocycles. The average molecular weight is 887 g/mol. The summed E-state index contributed by atoms with van der Waals surface area (Å²) in [5.74, 6) is 0. The maximum Gasteiger partial charge on any atom is 0.0541 e. The SMILES string of the molecule is Cc1ccc(-c2ccc3c(c2)c2cc(-c4ccc5c(c4)c(C)c(C)n5-c4cccc5ccccc45)ccc2n3-c2ccccc2)cc1.Cc1ccc2ccccc2c1.Cc1cccc2ccccc12. The molecule has 0 radical (unpaired) electrons. The molecular formula is C67H54N2. The van der Waals surface area contributed by atoms with E-state index in [4.69, 9.17) is 0 Å². The lowest BCUT2D eigenvalue weighted by Gasteiger charge is -2.12. The molecule has 0 aliphatic rings. The summed E-state index contributed by atoms with van der Waals surface area (Å²) in [7, 11) is 0. The maximum atomic E-state index is 2.43. The summed E-state index contributed by atoms with van der Waals surface area (Å²) in [6.07, 6.45) is 0. The van der Waals surface area contributed by atoms with Crippen LogP contribution in [0.15, 0.2) is 237 Å². The normalized spacial score (nSPS) is 11.3. The van der Waals surface area contributed by atoms with Gasteiger partial charge in [0.15, 0.2) is 0 Å². The third-order valence-electron chi connectivity index (χ3n) is 13.9. The van der Waals surface area contributed by atoms with Crippen molar-refractivity contribution in [2.45, 2.75) is 34.6 Å². The van der Waals surface area contributed by atoms with Crippen molar-refractivity contribution in [3.05, 3.63) is 265 Å². The monoisotopic (exact) mass is 886 g/mol. The van der Waals surface area contributed by atoms with Crippen molar-refractivity contribution in [2.24, 2.45) is 0 Å². The first-order valence-corrected chi connectivity index (χ1v) is 24.0. The Morgan fingerprint density at radius 3 is 1.41 bits per heavy atom. The van der Waals surface area contributed by atoms with Crippen molar-refractivity contribution in [2.75, 3.05) is 0 Å². The zero-order valence-electron chi connectivity index (χ0n) is 39.9. The van der Waals surface area contributed by atoms with Gasteiger partial charge in [-0.3, -0.25) is 0 Å². The standard InChI is InChI=1S/C45H34N2.2C11H10/c1-29-16-18-32(19-17-29)34-20-24-44-40(27-34)41-28-36(22-25-45(41)47(44)37-12-5-4-6-13-37)35-21-23-43-39(26-35)30(2)31(3)46(43)42-15-9-11-33-10-7-8-14-38(33)42;1-9-5-4-7-10-6-2-3-8-11(9)10;1-9-6-7-10-4-2-3-5-11(10)8-9/h4-28H,1-3H3;2*2-8H,1H3. The van der Waals surface area contributed by atoms with Crippen molar-refractivity contribution >= 4 is 65.0 Å². The second kappa shape index (κ2) is 18.3. The third-order valence-corrected chi connectivity index (χ3v) is 13.9. The fourth-order valence-electron chi connectivity index (χ4n) is 10.1. The number of rotatable bonds is 4. The number of benzene rings is 11. The Hall–Kier alpha value is -8.46. The Balaban J connectivity index is 0.000000192. The summed E-state index contributed by atoms with van der Waals surface area (Å²) < 4.78 is 4.83. The number of hydrogen-bond acceptors (Lipinski definition) is 0. The summed E-state index contributed by atoms with van der Waals surface area (Å²) in [6.45, 7) is 10.9. The molecule has 0 atom stereocenters. The highest BCUT2D eigenvalue weighted by atomic mass is 15.0. The molecule has 0 N–H and O–H groups in total. The van der Waals surface area contributed by atoms with Gasteiger partial charge in [-0.1, -0.05) is 193 Å². The van der Waals surface area contributed by atoms with E-state index in [1.807, 2.05) is 0 Å². The Bertz CT molecular complexity index is 3980. The molecule has 0 saturated heterocycles. The van der Waals surface area contributed by atoms with E-state index in [-0.39, 0.29) is 0 Å². The van der Waals surface area contributed by atoms with E-state index in [0.29, 0.717) is 0 Å². The molecule has 0 amide bonds. The molecule has 2 heteroatoms. The van der Waals surface area contributed by atoms with Crippen molar-refractivity contribution in [1.82, 2.24) is 9.13 Å². The number of fused-ring (bicyclic) bond motifs is 7. The van der Waals surface area contributed by atoms with Gasteiger partial charge in [0.2, 0.25) is 0 Å². The van der Waals surface area contributed by atoms with Gasteiger partial charge in [0, 0.05) is 32.9 Å². The van der Waals surface area contributed by atoms with Crippen LogP contribution in [-0.4, -0.2) is 9.13 Å². The molecule has 0 saturated carbocycles. The van der Waals surface area contributed by atoms with Gasteiger partial charge in [-0.05, 0) is 150 Å². The van der Waals surface area contributed by atoms with E-state index in [1.165, 1.54) is 127 Å². The van der Waals surface area contributed by atoms with Gasteiger partial charge in [-0.2, -0.15) is 0 Å². The highest BCUT2D eigenvalue weighted by Crippen LogP contribution is 2.39. The molecule has 13 aromatic rings. The maximum absolute atomic E-state index is 2.43. The predicted octanol–water partition coefficient (Wildman–Crippen LogP) is 18.4. The summed E-state index contributed by atoms with van der Waals surface area (Å²) in [4.78, 5) is 0. The van der Waals surface area contributed by atoms with E-state index in [2.05, 4.69) is 280 Å². The first kappa shape index (κ1) is 43.1.